The van der Waals surface area contributed by atoms with Crippen LogP contribution in [0.2, 0.25) is 0 Å². The van der Waals surface area contributed by atoms with Gasteiger partial charge < -0.3 is 4.84 Å². The molecular formula is C2H9NOSi. The third kappa shape index (κ3) is 4.14. The van der Waals surface area contributed by atoms with E-state index in [1.807, 2.05) is 6.92 Å². The van der Waals surface area contributed by atoms with E-state index >= 15 is 0 Å². The lowest BCUT2D eigenvalue weighted by molar-refractivity contribution is 0.107. The minimum absolute atomic E-state index is 0.767. The first kappa shape index (κ1) is 5.14. The average Bonchev–Trinajstić information content (AvgIpc) is 1.41. The normalized spacial score (nSPS) is 9.00. The molecule has 0 heterocycles. The Morgan fingerprint density at radius 1 is 2.00 bits per heavy atom. The smallest absolute Gasteiger partial charge is 0.109 e. The maximum Gasteiger partial charge on any atom is 0.109 e. The third-order valence-electron chi connectivity index (χ3n) is 0.289. The van der Waals surface area contributed by atoms with Crippen molar-refractivity contribution in [2.45, 2.75) is 6.92 Å². The molecule has 0 aromatic rings. The Balaban J connectivity index is 2.19. The van der Waals surface area contributed by atoms with Gasteiger partial charge in [0, 0.05) is 0 Å². The maximum atomic E-state index is 4.65. The van der Waals surface area contributed by atoms with Crippen molar-refractivity contribution in [3.05, 3.63) is 0 Å². The van der Waals surface area contributed by atoms with Crippen molar-refractivity contribution >= 4 is 10.4 Å². The van der Waals surface area contributed by atoms with E-state index in [0.717, 1.165) is 17.0 Å². The lowest BCUT2D eigenvalue weighted by Crippen LogP contribution is -2.07. The van der Waals surface area contributed by atoms with E-state index in [0.29, 0.717) is 0 Å². The van der Waals surface area contributed by atoms with Crippen LogP contribution in [0.25, 0.3) is 0 Å². The van der Waals surface area contributed by atoms with Crippen LogP contribution in [0.3, 0.4) is 0 Å². The highest BCUT2D eigenvalue weighted by molar-refractivity contribution is 6.03. The fraction of sp³-hybridized carbons (Fsp3) is 1.00. The molecule has 0 amide bonds. The number of hydrogen-bond acceptors (Lipinski definition) is 2. The van der Waals surface area contributed by atoms with Gasteiger partial charge in [-0.2, -0.15) is 0 Å². The molecule has 1 N–H and O–H groups in total. The molecular weight excluding hydrogens is 82.1 g/mol. The van der Waals surface area contributed by atoms with Gasteiger partial charge in [0.1, 0.15) is 10.4 Å². The van der Waals surface area contributed by atoms with Crippen LogP contribution in [-0.4, -0.2) is 17.0 Å². The van der Waals surface area contributed by atoms with E-state index in [9.17, 15) is 0 Å². The number of hydrogen-bond donors (Lipinski definition) is 1. The number of rotatable bonds is 2. The molecule has 0 saturated carbocycles. The van der Waals surface area contributed by atoms with Gasteiger partial charge in [0.05, 0.1) is 6.61 Å². The molecule has 0 rings (SSSR count). The fourth-order valence-electron chi connectivity index (χ4n) is 0.144. The minimum atomic E-state index is 0.767. The first-order chi connectivity index (χ1) is 2.41. The monoisotopic (exact) mass is 91.0 g/mol. The lowest BCUT2D eigenvalue weighted by atomic mass is 10.9. The van der Waals surface area contributed by atoms with Crippen molar-refractivity contribution in [3.8, 4) is 0 Å². The van der Waals surface area contributed by atoms with Crippen molar-refractivity contribution in [3.63, 3.8) is 0 Å². The van der Waals surface area contributed by atoms with Gasteiger partial charge in [-0.05, 0) is 6.92 Å². The van der Waals surface area contributed by atoms with Gasteiger partial charge in [-0.25, -0.2) is 5.15 Å². The first-order valence-electron chi connectivity index (χ1n) is 1.70. The highest BCUT2D eigenvalue weighted by Crippen LogP contribution is 1.52. The summed E-state index contributed by atoms with van der Waals surface area (Å²) in [6.45, 7) is 2.72. The summed E-state index contributed by atoms with van der Waals surface area (Å²) in [6.07, 6.45) is 0. The van der Waals surface area contributed by atoms with Gasteiger partial charge in [0.25, 0.3) is 0 Å². The Kier molecular flexibility index (Phi) is 4.25. The third-order valence-corrected chi connectivity index (χ3v) is 0.577. The Morgan fingerprint density at radius 3 is 2.60 bits per heavy atom. The second-order valence-corrected chi connectivity index (χ2v) is 1.05. The van der Waals surface area contributed by atoms with Crippen LogP contribution in [0.4, 0.5) is 0 Å². The van der Waals surface area contributed by atoms with Crippen molar-refractivity contribution in [1.29, 1.82) is 0 Å². The molecule has 0 aromatic heterocycles. The van der Waals surface area contributed by atoms with Crippen LogP contribution in [0.15, 0.2) is 0 Å². The molecule has 0 unspecified atom stereocenters. The predicted octanol–water partition coefficient (Wildman–Crippen LogP) is -1.19. The quantitative estimate of drug-likeness (QED) is 0.341. The summed E-state index contributed by atoms with van der Waals surface area (Å²) in [5.74, 6) is 0. The van der Waals surface area contributed by atoms with Gasteiger partial charge in [-0.15, -0.1) is 0 Å². The molecule has 0 atom stereocenters. The van der Waals surface area contributed by atoms with Gasteiger partial charge in [0.15, 0.2) is 0 Å². The second-order valence-electron chi connectivity index (χ2n) is 0.637. The van der Waals surface area contributed by atoms with E-state index in [1.165, 1.54) is 0 Å². The highest BCUT2D eigenvalue weighted by atomic mass is 28.2. The zero-order valence-corrected chi connectivity index (χ0v) is 5.62. The van der Waals surface area contributed by atoms with E-state index in [-0.39, 0.29) is 0 Å². The molecule has 2 nitrogen and oxygen atoms in total. The standard InChI is InChI=1S/C2H9NOSi/c1-2-4-3-5/h3H,2H2,1,5H3. The van der Waals surface area contributed by atoms with E-state index < -0.39 is 0 Å². The van der Waals surface area contributed by atoms with Gasteiger partial charge in [-0.3, -0.25) is 0 Å². The summed E-state index contributed by atoms with van der Waals surface area (Å²) in [5, 5.41) is 2.66. The van der Waals surface area contributed by atoms with E-state index in [4.69, 9.17) is 0 Å². The summed E-state index contributed by atoms with van der Waals surface area (Å²) in [7, 11) is 0.926. The van der Waals surface area contributed by atoms with Crippen LogP contribution in [0, 0.1) is 0 Å². The Morgan fingerprint density at radius 2 is 2.60 bits per heavy atom. The van der Waals surface area contributed by atoms with Crippen molar-refractivity contribution < 1.29 is 4.84 Å². The van der Waals surface area contributed by atoms with Crippen LogP contribution in [0.1, 0.15) is 6.92 Å². The average molecular weight is 91.2 g/mol. The molecule has 5 heavy (non-hydrogen) atoms. The molecule has 0 bridgehead atoms. The summed E-state index contributed by atoms with van der Waals surface area (Å²) < 4.78 is 0. The van der Waals surface area contributed by atoms with Gasteiger partial charge in [0.2, 0.25) is 0 Å². The fourth-order valence-corrected chi connectivity index (χ4v) is 0.433. The molecule has 0 spiro atoms. The van der Waals surface area contributed by atoms with Crippen molar-refractivity contribution in [2.75, 3.05) is 6.61 Å². The van der Waals surface area contributed by atoms with E-state index in [1.54, 1.807) is 0 Å². The Hall–Kier alpha value is 0.137. The summed E-state index contributed by atoms with van der Waals surface area (Å²) >= 11 is 0. The first-order valence-corrected chi connectivity index (χ1v) is 2.70. The summed E-state index contributed by atoms with van der Waals surface area (Å²) in [6, 6.07) is 0. The summed E-state index contributed by atoms with van der Waals surface area (Å²) in [5.41, 5.74) is 0. The molecule has 0 aromatic carbocycles. The molecule has 0 fully saturated rings. The molecule has 3 heteroatoms. The second kappa shape index (κ2) is 4.14. The summed E-state index contributed by atoms with van der Waals surface area (Å²) in [4.78, 5) is 4.65. The van der Waals surface area contributed by atoms with Crippen LogP contribution in [0.5, 0.6) is 0 Å². The molecule has 0 aliphatic carbocycles. The van der Waals surface area contributed by atoms with Gasteiger partial charge >= 0.3 is 0 Å². The lowest BCUT2D eigenvalue weighted by Gasteiger charge is -1.89. The topological polar surface area (TPSA) is 21.3 Å². The minimum Gasteiger partial charge on any atom is -0.310 e. The van der Waals surface area contributed by atoms with Crippen LogP contribution in [-0.2, 0) is 4.84 Å². The molecule has 0 aliphatic rings. The van der Waals surface area contributed by atoms with Crippen molar-refractivity contribution in [1.82, 2.24) is 5.15 Å². The SMILES string of the molecule is CCON[SiH3]. The highest BCUT2D eigenvalue weighted by Gasteiger charge is 1.61. The maximum absolute atomic E-state index is 4.65. The zero-order chi connectivity index (χ0) is 4.12. The molecule has 32 valence electrons. The predicted molar refractivity (Wildman–Crippen MR) is 24.7 cm³/mol. The Bertz CT molecular complexity index is 17.1. The molecule has 0 radical (unpaired) electrons. The van der Waals surface area contributed by atoms with E-state index in [2.05, 4.69) is 9.98 Å². The van der Waals surface area contributed by atoms with Gasteiger partial charge in [-0.1, -0.05) is 0 Å². The largest absolute Gasteiger partial charge is 0.310 e. The van der Waals surface area contributed by atoms with Crippen LogP contribution < -0.4 is 5.15 Å². The van der Waals surface area contributed by atoms with Crippen LogP contribution >= 0.6 is 0 Å². The van der Waals surface area contributed by atoms with Crippen molar-refractivity contribution in [2.24, 2.45) is 0 Å². The zero-order valence-electron chi connectivity index (χ0n) is 3.62. The Labute approximate surface area is 35.0 Å². The molecule has 0 aliphatic heterocycles. The molecule has 0 saturated heterocycles. The number of nitrogens with one attached hydrogen (secondary N) is 1.